The van der Waals surface area contributed by atoms with Gasteiger partial charge in [0.2, 0.25) is 0 Å². The Morgan fingerprint density at radius 2 is 1.85 bits per heavy atom. The van der Waals surface area contributed by atoms with Crippen LogP contribution >= 0.6 is 12.4 Å². The van der Waals surface area contributed by atoms with Crippen molar-refractivity contribution in [1.29, 1.82) is 0 Å². The molecule has 0 radical (unpaired) electrons. The Hall–Kier alpha value is -0.970. The normalized spacial score (nSPS) is 17.9. The first-order chi connectivity index (χ1) is 9.29. The van der Waals surface area contributed by atoms with Crippen molar-refractivity contribution in [2.45, 2.75) is 19.4 Å². The molecule has 1 saturated heterocycles. The SMILES string of the molecule is CCOc1ccc(OCCN(C)C2CCNC2)cc1.Cl. The van der Waals surface area contributed by atoms with Gasteiger partial charge in [0.15, 0.2) is 0 Å². The van der Waals surface area contributed by atoms with Gasteiger partial charge in [0.05, 0.1) is 6.61 Å². The lowest BCUT2D eigenvalue weighted by atomic mass is 10.2. The third-order valence-electron chi connectivity index (χ3n) is 3.51. The van der Waals surface area contributed by atoms with Gasteiger partial charge < -0.3 is 14.8 Å². The van der Waals surface area contributed by atoms with Crippen molar-refractivity contribution in [2.24, 2.45) is 0 Å². The van der Waals surface area contributed by atoms with Gasteiger partial charge in [-0.05, 0) is 51.2 Å². The number of likely N-dealkylation sites (N-methyl/N-ethyl adjacent to an activating group) is 1. The van der Waals surface area contributed by atoms with Crippen molar-refractivity contribution < 1.29 is 9.47 Å². The number of nitrogens with one attached hydrogen (secondary N) is 1. The lowest BCUT2D eigenvalue weighted by Crippen LogP contribution is -2.36. The number of benzene rings is 1. The molecule has 1 aliphatic rings. The van der Waals surface area contributed by atoms with Gasteiger partial charge >= 0.3 is 0 Å². The van der Waals surface area contributed by atoms with E-state index < -0.39 is 0 Å². The van der Waals surface area contributed by atoms with E-state index in [-0.39, 0.29) is 12.4 Å². The van der Waals surface area contributed by atoms with Crippen LogP contribution < -0.4 is 14.8 Å². The van der Waals surface area contributed by atoms with Crippen molar-refractivity contribution >= 4 is 12.4 Å². The lowest BCUT2D eigenvalue weighted by molar-refractivity contribution is 0.199. The van der Waals surface area contributed by atoms with E-state index in [4.69, 9.17) is 9.47 Å². The zero-order valence-electron chi connectivity index (χ0n) is 12.3. The number of halogens is 1. The van der Waals surface area contributed by atoms with Crippen molar-refractivity contribution in [3.05, 3.63) is 24.3 Å². The molecule has 1 unspecified atom stereocenters. The summed E-state index contributed by atoms with van der Waals surface area (Å²) in [6.07, 6.45) is 1.24. The second-order valence-corrected chi connectivity index (χ2v) is 4.88. The van der Waals surface area contributed by atoms with Gasteiger partial charge in [0.1, 0.15) is 18.1 Å². The third kappa shape index (κ3) is 5.19. The number of ether oxygens (including phenoxy) is 2. The first kappa shape index (κ1) is 17.1. The molecule has 0 aliphatic carbocycles. The predicted molar refractivity (Wildman–Crippen MR) is 84.3 cm³/mol. The van der Waals surface area contributed by atoms with Crippen molar-refractivity contribution in [3.63, 3.8) is 0 Å². The summed E-state index contributed by atoms with van der Waals surface area (Å²) in [7, 11) is 2.17. The molecule has 20 heavy (non-hydrogen) atoms. The molecule has 114 valence electrons. The van der Waals surface area contributed by atoms with Crippen molar-refractivity contribution in [2.75, 3.05) is 39.9 Å². The third-order valence-corrected chi connectivity index (χ3v) is 3.51. The molecule has 1 atom stereocenters. The summed E-state index contributed by atoms with van der Waals surface area (Å²) in [5.41, 5.74) is 0. The summed E-state index contributed by atoms with van der Waals surface area (Å²) in [5, 5.41) is 3.38. The van der Waals surface area contributed by atoms with E-state index in [0.29, 0.717) is 12.6 Å². The average Bonchev–Trinajstić information content (AvgIpc) is 2.95. The van der Waals surface area contributed by atoms with Crippen LogP contribution in [-0.2, 0) is 0 Å². The fourth-order valence-corrected chi connectivity index (χ4v) is 2.30. The maximum atomic E-state index is 5.75. The highest BCUT2D eigenvalue weighted by atomic mass is 35.5. The molecule has 4 nitrogen and oxygen atoms in total. The minimum atomic E-state index is 0. The molecule has 0 aromatic heterocycles. The van der Waals surface area contributed by atoms with Gasteiger partial charge in [0.25, 0.3) is 0 Å². The van der Waals surface area contributed by atoms with E-state index in [2.05, 4.69) is 17.3 Å². The average molecular weight is 301 g/mol. The van der Waals surface area contributed by atoms with Crippen LogP contribution in [0, 0.1) is 0 Å². The van der Waals surface area contributed by atoms with Gasteiger partial charge in [-0.15, -0.1) is 12.4 Å². The molecule has 2 rings (SSSR count). The Morgan fingerprint density at radius 1 is 1.20 bits per heavy atom. The van der Waals surface area contributed by atoms with Crippen LogP contribution in [0.1, 0.15) is 13.3 Å². The molecule has 1 aromatic carbocycles. The smallest absolute Gasteiger partial charge is 0.119 e. The first-order valence-corrected chi connectivity index (χ1v) is 7.06. The summed E-state index contributed by atoms with van der Waals surface area (Å²) in [5.74, 6) is 1.80. The Morgan fingerprint density at radius 3 is 2.40 bits per heavy atom. The standard InChI is InChI=1S/C15H24N2O2.ClH/c1-3-18-14-4-6-15(7-5-14)19-11-10-17(2)13-8-9-16-12-13;/h4-7,13,16H,3,8-12H2,1-2H3;1H. The highest BCUT2D eigenvalue weighted by molar-refractivity contribution is 5.85. The molecule has 0 saturated carbocycles. The van der Waals surface area contributed by atoms with Crippen LogP contribution in [0.3, 0.4) is 0 Å². The summed E-state index contributed by atoms with van der Waals surface area (Å²) in [6.45, 7) is 6.59. The molecule has 1 N–H and O–H groups in total. The van der Waals surface area contributed by atoms with Crippen molar-refractivity contribution in [1.82, 2.24) is 10.2 Å². The minimum absolute atomic E-state index is 0. The molecule has 1 aliphatic heterocycles. The highest BCUT2D eigenvalue weighted by Gasteiger charge is 2.18. The molecule has 0 spiro atoms. The van der Waals surface area contributed by atoms with E-state index in [1.807, 2.05) is 31.2 Å². The molecule has 0 bridgehead atoms. The van der Waals surface area contributed by atoms with E-state index in [1.54, 1.807) is 0 Å². The monoisotopic (exact) mass is 300 g/mol. The van der Waals surface area contributed by atoms with Crippen molar-refractivity contribution in [3.8, 4) is 11.5 Å². The maximum absolute atomic E-state index is 5.75. The van der Waals surface area contributed by atoms with Gasteiger partial charge in [-0.1, -0.05) is 0 Å². The highest BCUT2D eigenvalue weighted by Crippen LogP contribution is 2.17. The topological polar surface area (TPSA) is 33.7 Å². The zero-order chi connectivity index (χ0) is 13.5. The van der Waals surface area contributed by atoms with E-state index >= 15 is 0 Å². The molecule has 0 amide bonds. The van der Waals surface area contributed by atoms with Gasteiger partial charge in [-0.2, -0.15) is 0 Å². The number of rotatable bonds is 7. The molecule has 1 aromatic rings. The Labute approximate surface area is 127 Å². The number of hydrogen-bond donors (Lipinski definition) is 1. The Kier molecular flexibility index (Phi) is 7.73. The Balaban J connectivity index is 0.00000200. The second kappa shape index (κ2) is 9.06. The second-order valence-electron chi connectivity index (χ2n) is 4.88. The quantitative estimate of drug-likeness (QED) is 0.837. The van der Waals surface area contributed by atoms with Gasteiger partial charge in [-0.25, -0.2) is 0 Å². The summed E-state index contributed by atoms with van der Waals surface area (Å²) in [4.78, 5) is 2.37. The summed E-state index contributed by atoms with van der Waals surface area (Å²) >= 11 is 0. The van der Waals surface area contributed by atoms with Crippen LogP contribution in [-0.4, -0.2) is 50.8 Å². The van der Waals surface area contributed by atoms with Crippen LogP contribution in [0.5, 0.6) is 11.5 Å². The molecule has 1 heterocycles. The first-order valence-electron chi connectivity index (χ1n) is 7.06. The summed E-state index contributed by atoms with van der Waals surface area (Å²) in [6, 6.07) is 8.47. The fourth-order valence-electron chi connectivity index (χ4n) is 2.30. The molecule has 1 fully saturated rings. The predicted octanol–water partition coefficient (Wildman–Crippen LogP) is 2.18. The fraction of sp³-hybridized carbons (Fsp3) is 0.600. The van der Waals surface area contributed by atoms with Gasteiger partial charge in [-0.3, -0.25) is 4.90 Å². The largest absolute Gasteiger partial charge is 0.494 e. The van der Waals surface area contributed by atoms with E-state index in [1.165, 1.54) is 6.42 Å². The molecular formula is C15H25ClN2O2. The minimum Gasteiger partial charge on any atom is -0.494 e. The lowest BCUT2D eigenvalue weighted by Gasteiger charge is -2.23. The van der Waals surface area contributed by atoms with E-state index in [9.17, 15) is 0 Å². The van der Waals surface area contributed by atoms with Crippen LogP contribution in [0.15, 0.2) is 24.3 Å². The molecule has 5 heteroatoms. The number of nitrogens with zero attached hydrogens (tertiary/aromatic N) is 1. The Bertz CT molecular complexity index is 367. The maximum Gasteiger partial charge on any atom is 0.119 e. The van der Waals surface area contributed by atoms with E-state index in [0.717, 1.165) is 37.7 Å². The van der Waals surface area contributed by atoms with Crippen LogP contribution in [0.2, 0.25) is 0 Å². The molecular weight excluding hydrogens is 276 g/mol. The zero-order valence-corrected chi connectivity index (χ0v) is 13.1. The van der Waals surface area contributed by atoms with Crippen LogP contribution in [0.4, 0.5) is 0 Å². The van der Waals surface area contributed by atoms with Gasteiger partial charge in [0, 0.05) is 19.1 Å². The van der Waals surface area contributed by atoms with Crippen LogP contribution in [0.25, 0.3) is 0 Å². The summed E-state index contributed by atoms with van der Waals surface area (Å²) < 4.78 is 11.2. The number of hydrogen-bond acceptors (Lipinski definition) is 4.